The monoisotopic (exact) mass is 162 g/mol. The van der Waals surface area contributed by atoms with Crippen molar-refractivity contribution in [3.05, 3.63) is 29.3 Å². The van der Waals surface area contributed by atoms with Crippen LogP contribution in [0.4, 0.5) is 0 Å². The van der Waals surface area contributed by atoms with Crippen LogP contribution in [0.2, 0.25) is 0 Å². The summed E-state index contributed by atoms with van der Waals surface area (Å²) >= 11 is 0. The van der Waals surface area contributed by atoms with E-state index in [1.54, 1.807) is 6.92 Å². The Labute approximate surface area is 71.2 Å². The number of carbonyl (C=O) groups excluding carboxylic acids is 1. The molecule has 1 aliphatic rings. The second-order valence-electron chi connectivity index (χ2n) is 3.12. The lowest BCUT2D eigenvalue weighted by atomic mass is 10.1. The normalized spacial score (nSPS) is 20.5. The third-order valence-electron chi connectivity index (χ3n) is 2.08. The van der Waals surface area contributed by atoms with E-state index in [1.165, 1.54) is 0 Å². The Balaban J connectivity index is 2.54. The van der Waals surface area contributed by atoms with Crippen molar-refractivity contribution in [3.63, 3.8) is 0 Å². The lowest BCUT2D eigenvalue weighted by Gasteiger charge is -2.00. The van der Waals surface area contributed by atoms with Crippen LogP contribution in [0.15, 0.2) is 18.2 Å². The van der Waals surface area contributed by atoms with Gasteiger partial charge in [-0.05, 0) is 31.5 Å². The zero-order valence-electron chi connectivity index (χ0n) is 7.13. The number of benzene rings is 1. The van der Waals surface area contributed by atoms with E-state index in [4.69, 9.17) is 4.74 Å². The molecule has 0 N–H and O–H groups in total. The minimum absolute atomic E-state index is 0.0880. The first-order valence-corrected chi connectivity index (χ1v) is 4.00. The van der Waals surface area contributed by atoms with Crippen molar-refractivity contribution in [1.82, 2.24) is 0 Å². The van der Waals surface area contributed by atoms with Crippen LogP contribution in [0.5, 0.6) is 5.75 Å². The van der Waals surface area contributed by atoms with E-state index >= 15 is 0 Å². The van der Waals surface area contributed by atoms with Gasteiger partial charge >= 0.3 is 0 Å². The topological polar surface area (TPSA) is 26.3 Å². The molecule has 2 rings (SSSR count). The van der Waals surface area contributed by atoms with Crippen molar-refractivity contribution >= 4 is 5.78 Å². The molecule has 62 valence electrons. The SMILES string of the molecule is Cc1ccc2c(c1)OC(C)C2=O. The number of fused-ring (bicyclic) bond motifs is 1. The molecule has 1 heterocycles. The number of ketones is 1. The summed E-state index contributed by atoms with van der Waals surface area (Å²) in [5.41, 5.74) is 1.84. The number of carbonyl (C=O) groups is 1. The Hall–Kier alpha value is -1.31. The van der Waals surface area contributed by atoms with Gasteiger partial charge in [-0.15, -0.1) is 0 Å². The van der Waals surface area contributed by atoms with Crippen molar-refractivity contribution < 1.29 is 9.53 Å². The molecule has 1 unspecified atom stereocenters. The molecule has 0 saturated carbocycles. The van der Waals surface area contributed by atoms with Crippen LogP contribution in [-0.4, -0.2) is 11.9 Å². The first-order chi connectivity index (χ1) is 5.68. The van der Waals surface area contributed by atoms with Crippen LogP contribution in [0.3, 0.4) is 0 Å². The molecule has 1 aromatic rings. The standard InChI is InChI=1S/C10H10O2/c1-6-3-4-8-9(5-6)12-7(2)10(8)11/h3-5,7H,1-2H3. The summed E-state index contributed by atoms with van der Waals surface area (Å²) < 4.78 is 5.35. The van der Waals surface area contributed by atoms with Gasteiger partial charge < -0.3 is 4.74 Å². The van der Waals surface area contributed by atoms with Gasteiger partial charge in [-0.1, -0.05) is 6.07 Å². The Kier molecular flexibility index (Phi) is 1.43. The highest BCUT2D eigenvalue weighted by Gasteiger charge is 2.28. The molecular formula is C10H10O2. The summed E-state index contributed by atoms with van der Waals surface area (Å²) in [4.78, 5) is 11.4. The fraction of sp³-hybridized carbons (Fsp3) is 0.300. The molecule has 2 heteroatoms. The maximum absolute atomic E-state index is 11.4. The van der Waals surface area contributed by atoms with Gasteiger partial charge in [0.1, 0.15) is 5.75 Å². The second kappa shape index (κ2) is 2.34. The van der Waals surface area contributed by atoms with Crippen molar-refractivity contribution in [2.75, 3.05) is 0 Å². The van der Waals surface area contributed by atoms with Gasteiger partial charge in [-0.2, -0.15) is 0 Å². The van der Waals surface area contributed by atoms with E-state index < -0.39 is 0 Å². The number of hydrogen-bond donors (Lipinski definition) is 0. The van der Waals surface area contributed by atoms with E-state index in [9.17, 15) is 4.79 Å². The van der Waals surface area contributed by atoms with Gasteiger partial charge in [-0.3, -0.25) is 4.79 Å². The highest BCUT2D eigenvalue weighted by atomic mass is 16.5. The fourth-order valence-corrected chi connectivity index (χ4v) is 1.39. The smallest absolute Gasteiger partial charge is 0.206 e. The van der Waals surface area contributed by atoms with Crippen molar-refractivity contribution in [2.24, 2.45) is 0 Å². The highest BCUT2D eigenvalue weighted by Crippen LogP contribution is 2.29. The molecule has 1 atom stereocenters. The molecule has 0 saturated heterocycles. The van der Waals surface area contributed by atoms with Crippen LogP contribution >= 0.6 is 0 Å². The second-order valence-corrected chi connectivity index (χ2v) is 3.12. The summed E-state index contributed by atoms with van der Waals surface area (Å²) in [7, 11) is 0. The van der Waals surface area contributed by atoms with E-state index in [0.29, 0.717) is 5.56 Å². The van der Waals surface area contributed by atoms with Crippen LogP contribution in [0, 0.1) is 6.92 Å². The van der Waals surface area contributed by atoms with E-state index in [-0.39, 0.29) is 11.9 Å². The average molecular weight is 162 g/mol. The quantitative estimate of drug-likeness (QED) is 0.583. The predicted molar refractivity (Wildman–Crippen MR) is 45.6 cm³/mol. The molecule has 0 fully saturated rings. The molecule has 12 heavy (non-hydrogen) atoms. The number of hydrogen-bond acceptors (Lipinski definition) is 2. The summed E-state index contributed by atoms with van der Waals surface area (Å²) in [6, 6.07) is 5.66. The molecule has 0 radical (unpaired) electrons. The Morgan fingerprint density at radius 2 is 2.17 bits per heavy atom. The van der Waals surface area contributed by atoms with Crippen molar-refractivity contribution in [1.29, 1.82) is 0 Å². The van der Waals surface area contributed by atoms with Gasteiger partial charge in [0.25, 0.3) is 0 Å². The molecule has 0 bridgehead atoms. The number of Topliss-reactive ketones (excluding diaryl/α,β-unsaturated/α-hetero) is 1. The Morgan fingerprint density at radius 3 is 2.92 bits per heavy atom. The van der Waals surface area contributed by atoms with E-state index in [2.05, 4.69) is 0 Å². The van der Waals surface area contributed by atoms with E-state index in [1.807, 2.05) is 25.1 Å². The minimum Gasteiger partial charge on any atom is -0.482 e. The zero-order valence-corrected chi connectivity index (χ0v) is 7.13. The van der Waals surface area contributed by atoms with Gasteiger partial charge in [0.15, 0.2) is 6.10 Å². The maximum Gasteiger partial charge on any atom is 0.206 e. The molecule has 0 aromatic heterocycles. The van der Waals surface area contributed by atoms with Crippen molar-refractivity contribution in [3.8, 4) is 5.75 Å². The van der Waals surface area contributed by atoms with Gasteiger partial charge in [-0.25, -0.2) is 0 Å². The largest absolute Gasteiger partial charge is 0.482 e. The van der Waals surface area contributed by atoms with Crippen LogP contribution in [-0.2, 0) is 0 Å². The minimum atomic E-state index is -0.304. The van der Waals surface area contributed by atoms with Gasteiger partial charge in [0.2, 0.25) is 5.78 Å². The van der Waals surface area contributed by atoms with E-state index in [0.717, 1.165) is 11.3 Å². The summed E-state index contributed by atoms with van der Waals surface area (Å²) in [6.07, 6.45) is -0.304. The molecule has 0 aliphatic carbocycles. The summed E-state index contributed by atoms with van der Waals surface area (Å²) in [5.74, 6) is 0.817. The molecule has 0 amide bonds. The lowest BCUT2D eigenvalue weighted by Crippen LogP contribution is -2.14. The maximum atomic E-state index is 11.4. The first-order valence-electron chi connectivity index (χ1n) is 4.00. The number of ether oxygens (including phenoxy) is 1. The highest BCUT2D eigenvalue weighted by molar-refractivity contribution is 6.04. The third-order valence-corrected chi connectivity index (χ3v) is 2.08. The Morgan fingerprint density at radius 1 is 1.42 bits per heavy atom. The van der Waals surface area contributed by atoms with Gasteiger partial charge in [0.05, 0.1) is 5.56 Å². The van der Waals surface area contributed by atoms with Crippen LogP contribution < -0.4 is 4.74 Å². The molecule has 1 aliphatic heterocycles. The van der Waals surface area contributed by atoms with Crippen LogP contribution in [0.25, 0.3) is 0 Å². The molecule has 2 nitrogen and oxygen atoms in total. The lowest BCUT2D eigenvalue weighted by molar-refractivity contribution is 0.0878. The van der Waals surface area contributed by atoms with Crippen molar-refractivity contribution in [2.45, 2.75) is 20.0 Å². The number of aryl methyl sites for hydroxylation is 1. The summed E-state index contributed by atoms with van der Waals surface area (Å²) in [5, 5.41) is 0. The summed E-state index contributed by atoms with van der Waals surface area (Å²) in [6.45, 7) is 3.76. The fourth-order valence-electron chi connectivity index (χ4n) is 1.39. The molecular weight excluding hydrogens is 152 g/mol. The predicted octanol–water partition coefficient (Wildman–Crippen LogP) is 1.96. The Bertz CT molecular complexity index is 342. The number of rotatable bonds is 0. The average Bonchev–Trinajstić information content (AvgIpc) is 2.28. The molecule has 1 aromatic carbocycles. The van der Waals surface area contributed by atoms with Gasteiger partial charge in [0, 0.05) is 0 Å². The zero-order chi connectivity index (χ0) is 8.72. The first kappa shape index (κ1) is 7.35. The third kappa shape index (κ3) is 0.916. The molecule has 0 spiro atoms. The van der Waals surface area contributed by atoms with Crippen LogP contribution in [0.1, 0.15) is 22.8 Å².